The van der Waals surface area contributed by atoms with E-state index in [9.17, 15) is 13.2 Å². The van der Waals surface area contributed by atoms with Gasteiger partial charge in [0.25, 0.3) is 15.9 Å². The quantitative estimate of drug-likeness (QED) is 0.431. The number of nitrogen functional groups attached to an aromatic ring is 1. The number of pyridine rings is 2. The van der Waals surface area contributed by atoms with Crippen LogP contribution in [-0.4, -0.2) is 41.2 Å². The Morgan fingerprint density at radius 2 is 1.83 bits per heavy atom. The van der Waals surface area contributed by atoms with E-state index in [1.807, 2.05) is 39.8 Å². The normalized spacial score (nSPS) is 12.0. The maximum Gasteiger partial charge on any atom is 0.285 e. The van der Waals surface area contributed by atoms with Crippen LogP contribution in [0.1, 0.15) is 42.5 Å². The fraction of sp³-hybridized carbons (Fsp3) is 0.250. The minimum absolute atomic E-state index is 0.0313. The van der Waals surface area contributed by atoms with Gasteiger partial charge in [-0.3, -0.25) is 4.79 Å². The van der Waals surface area contributed by atoms with E-state index in [-0.39, 0.29) is 16.5 Å². The van der Waals surface area contributed by atoms with Gasteiger partial charge in [0, 0.05) is 16.5 Å². The number of ether oxygens (including phenoxy) is 1. The predicted octanol–water partition coefficient (Wildman–Crippen LogP) is 3.13. The molecular formula is C24H26N6O4S. The second kappa shape index (κ2) is 8.66. The third-order valence-corrected chi connectivity index (χ3v) is 6.67. The number of benzene rings is 1. The SMILES string of the molecule is COc1ccc(C(C)(C)C)nc1S(=O)(=O)NC(=O)c1ccc2c(-n3cc(N)cn3)ccc(C)c2n1. The number of hydrogen-bond acceptors (Lipinski definition) is 8. The zero-order valence-electron chi connectivity index (χ0n) is 20.0. The highest BCUT2D eigenvalue weighted by Gasteiger charge is 2.28. The molecule has 35 heavy (non-hydrogen) atoms. The molecule has 0 radical (unpaired) electrons. The maximum absolute atomic E-state index is 13.1. The molecule has 0 bridgehead atoms. The van der Waals surface area contributed by atoms with E-state index in [1.54, 1.807) is 23.0 Å². The molecule has 1 amide bonds. The van der Waals surface area contributed by atoms with Crippen molar-refractivity contribution in [2.45, 2.75) is 38.1 Å². The lowest BCUT2D eigenvalue weighted by atomic mass is 9.92. The number of amides is 1. The summed E-state index contributed by atoms with van der Waals surface area (Å²) < 4.78 is 35.1. The number of methoxy groups -OCH3 is 1. The zero-order valence-corrected chi connectivity index (χ0v) is 20.8. The highest BCUT2D eigenvalue weighted by molar-refractivity contribution is 7.90. The molecular weight excluding hydrogens is 468 g/mol. The van der Waals surface area contributed by atoms with Crippen LogP contribution in [0.25, 0.3) is 16.6 Å². The van der Waals surface area contributed by atoms with Gasteiger partial charge in [0.2, 0.25) is 5.03 Å². The lowest BCUT2D eigenvalue weighted by Crippen LogP contribution is -2.32. The van der Waals surface area contributed by atoms with Crippen LogP contribution in [0.2, 0.25) is 0 Å². The standard InChI is InChI=1S/C24H26N6O4S/c1-14-6-9-18(30-13-15(25)12-26-30)16-7-8-17(27-21(14)16)22(31)29-35(32,33)23-19(34-5)10-11-20(28-23)24(2,3)4/h6-13H,25H2,1-5H3,(H,29,31). The first-order valence-corrected chi connectivity index (χ1v) is 12.2. The van der Waals surface area contributed by atoms with Crippen LogP contribution in [0.15, 0.2) is 53.8 Å². The highest BCUT2D eigenvalue weighted by atomic mass is 32.2. The molecule has 0 fully saturated rings. The molecule has 3 aromatic heterocycles. The molecule has 182 valence electrons. The molecule has 0 saturated heterocycles. The number of sulfonamides is 1. The number of carbonyl (C=O) groups is 1. The Labute approximate surface area is 203 Å². The fourth-order valence-electron chi connectivity index (χ4n) is 3.55. The minimum atomic E-state index is -4.35. The van der Waals surface area contributed by atoms with Gasteiger partial charge in [-0.2, -0.15) is 13.5 Å². The van der Waals surface area contributed by atoms with Gasteiger partial charge >= 0.3 is 0 Å². The summed E-state index contributed by atoms with van der Waals surface area (Å²) in [5.41, 5.74) is 8.43. The van der Waals surface area contributed by atoms with Crippen LogP contribution < -0.4 is 15.2 Å². The monoisotopic (exact) mass is 494 g/mol. The number of rotatable bonds is 5. The van der Waals surface area contributed by atoms with Crippen LogP contribution in [-0.2, 0) is 15.4 Å². The second-order valence-electron chi connectivity index (χ2n) is 9.10. The Morgan fingerprint density at radius 1 is 1.09 bits per heavy atom. The molecule has 1 aromatic carbocycles. The summed E-state index contributed by atoms with van der Waals surface area (Å²) >= 11 is 0. The third kappa shape index (κ3) is 4.67. The largest absolute Gasteiger partial charge is 0.494 e. The summed E-state index contributed by atoms with van der Waals surface area (Å²) in [5.74, 6) is -0.853. The van der Waals surface area contributed by atoms with E-state index in [1.165, 1.54) is 25.4 Å². The van der Waals surface area contributed by atoms with Gasteiger partial charge in [-0.25, -0.2) is 19.4 Å². The lowest BCUT2D eigenvalue weighted by Gasteiger charge is -2.19. The van der Waals surface area contributed by atoms with Crippen molar-refractivity contribution in [2.24, 2.45) is 0 Å². The molecule has 10 nitrogen and oxygen atoms in total. The van der Waals surface area contributed by atoms with E-state index < -0.39 is 21.3 Å². The van der Waals surface area contributed by atoms with Crippen molar-refractivity contribution in [3.63, 3.8) is 0 Å². The maximum atomic E-state index is 13.1. The zero-order chi connectivity index (χ0) is 25.5. The van der Waals surface area contributed by atoms with Crippen molar-refractivity contribution < 1.29 is 17.9 Å². The molecule has 0 atom stereocenters. The highest BCUT2D eigenvalue weighted by Crippen LogP contribution is 2.28. The van der Waals surface area contributed by atoms with Crippen molar-refractivity contribution in [1.82, 2.24) is 24.5 Å². The number of hydrogen-bond donors (Lipinski definition) is 2. The number of nitrogens with zero attached hydrogens (tertiary/aromatic N) is 4. The fourth-order valence-corrected chi connectivity index (χ4v) is 4.63. The Balaban J connectivity index is 1.72. The topological polar surface area (TPSA) is 142 Å². The van der Waals surface area contributed by atoms with Crippen LogP contribution in [0.3, 0.4) is 0 Å². The smallest absolute Gasteiger partial charge is 0.285 e. The first-order valence-electron chi connectivity index (χ1n) is 10.7. The summed E-state index contributed by atoms with van der Waals surface area (Å²) in [4.78, 5) is 21.7. The Kier molecular flexibility index (Phi) is 5.97. The Hall–Kier alpha value is -3.99. The minimum Gasteiger partial charge on any atom is -0.494 e. The second-order valence-corrected chi connectivity index (χ2v) is 10.7. The van der Waals surface area contributed by atoms with Crippen molar-refractivity contribution in [1.29, 1.82) is 0 Å². The van der Waals surface area contributed by atoms with E-state index in [0.717, 1.165) is 16.6 Å². The first-order chi connectivity index (χ1) is 16.4. The lowest BCUT2D eigenvalue weighted by molar-refractivity contribution is 0.0977. The van der Waals surface area contributed by atoms with Gasteiger partial charge in [-0.15, -0.1) is 0 Å². The Morgan fingerprint density at radius 3 is 2.46 bits per heavy atom. The molecule has 0 aliphatic heterocycles. The molecule has 3 N–H and O–H groups in total. The number of nitrogens with two attached hydrogens (primary N) is 1. The Bertz CT molecular complexity index is 1550. The van der Waals surface area contributed by atoms with Gasteiger partial charge in [0.1, 0.15) is 5.69 Å². The van der Waals surface area contributed by atoms with Gasteiger partial charge in [0.05, 0.1) is 36.4 Å². The number of anilines is 1. The van der Waals surface area contributed by atoms with E-state index in [4.69, 9.17) is 10.5 Å². The average molecular weight is 495 g/mol. The molecule has 4 rings (SSSR count). The molecule has 0 aliphatic carbocycles. The number of carbonyl (C=O) groups excluding carboxylic acids is 1. The van der Waals surface area contributed by atoms with Crippen molar-refractivity contribution in [2.75, 3.05) is 12.8 Å². The van der Waals surface area contributed by atoms with Crippen LogP contribution in [0, 0.1) is 6.92 Å². The summed E-state index contributed by atoms with van der Waals surface area (Å²) in [6.07, 6.45) is 3.20. The molecule has 0 spiro atoms. The van der Waals surface area contributed by atoms with Crippen LogP contribution in [0.5, 0.6) is 5.75 Å². The number of aryl methyl sites for hydroxylation is 1. The van der Waals surface area contributed by atoms with Crippen LogP contribution in [0.4, 0.5) is 5.69 Å². The van der Waals surface area contributed by atoms with Gasteiger partial charge in [-0.05, 0) is 42.8 Å². The average Bonchev–Trinajstić information content (AvgIpc) is 3.23. The first kappa shape index (κ1) is 24.1. The van der Waals surface area contributed by atoms with Gasteiger partial charge < -0.3 is 10.5 Å². The summed E-state index contributed by atoms with van der Waals surface area (Å²) in [7, 11) is -3.01. The summed E-state index contributed by atoms with van der Waals surface area (Å²) in [6, 6.07) is 10.1. The number of nitrogens with one attached hydrogen (secondary N) is 1. The molecule has 3 heterocycles. The molecule has 0 saturated carbocycles. The molecule has 0 unspecified atom stereocenters. The van der Waals surface area contributed by atoms with Gasteiger partial charge in [0.15, 0.2) is 5.75 Å². The van der Waals surface area contributed by atoms with E-state index >= 15 is 0 Å². The number of fused-ring (bicyclic) bond motifs is 1. The van der Waals surface area contributed by atoms with Crippen molar-refractivity contribution in [3.8, 4) is 11.4 Å². The van der Waals surface area contributed by atoms with Crippen LogP contribution >= 0.6 is 0 Å². The van der Waals surface area contributed by atoms with Crippen molar-refractivity contribution in [3.05, 3.63) is 65.7 Å². The molecule has 4 aromatic rings. The predicted molar refractivity (Wildman–Crippen MR) is 132 cm³/mol. The van der Waals surface area contributed by atoms with Gasteiger partial charge in [-0.1, -0.05) is 26.8 Å². The van der Waals surface area contributed by atoms with E-state index in [2.05, 4.69) is 19.8 Å². The molecule has 11 heteroatoms. The van der Waals surface area contributed by atoms with E-state index in [0.29, 0.717) is 16.9 Å². The molecule has 0 aliphatic rings. The van der Waals surface area contributed by atoms with Crippen molar-refractivity contribution >= 4 is 32.5 Å². The summed E-state index contributed by atoms with van der Waals surface area (Å²) in [5, 5.41) is 4.60. The summed E-state index contributed by atoms with van der Waals surface area (Å²) in [6.45, 7) is 7.57. The number of aromatic nitrogens is 4. The third-order valence-electron chi connectivity index (χ3n) is 5.41.